The second kappa shape index (κ2) is 11.9. The lowest BCUT2D eigenvalue weighted by Gasteiger charge is -2.26. The zero-order valence-electron chi connectivity index (χ0n) is 24.9. The van der Waals surface area contributed by atoms with Gasteiger partial charge in [-0.25, -0.2) is 4.68 Å². The topological polar surface area (TPSA) is 21.1 Å². The fourth-order valence-electron chi connectivity index (χ4n) is 5.85. The molecular formula is C41H33N3. The van der Waals surface area contributed by atoms with Gasteiger partial charge in [0.05, 0.1) is 17.1 Å². The van der Waals surface area contributed by atoms with Crippen LogP contribution in [0.15, 0.2) is 164 Å². The number of rotatable bonds is 7. The van der Waals surface area contributed by atoms with E-state index in [0.717, 1.165) is 45.3 Å². The summed E-state index contributed by atoms with van der Waals surface area (Å²) in [6.07, 6.45) is 0. The van der Waals surface area contributed by atoms with Gasteiger partial charge >= 0.3 is 0 Å². The molecule has 6 aromatic carbocycles. The van der Waals surface area contributed by atoms with Crippen molar-refractivity contribution in [3.8, 4) is 39.3 Å². The number of para-hydroxylation sites is 1. The minimum Gasteiger partial charge on any atom is -0.311 e. The Balaban J connectivity index is 1.27. The normalized spacial score (nSPS) is 11.0. The molecule has 0 bridgehead atoms. The van der Waals surface area contributed by atoms with Gasteiger partial charge in [-0.1, -0.05) is 120 Å². The first-order chi connectivity index (χ1) is 21.6. The van der Waals surface area contributed by atoms with E-state index in [-0.39, 0.29) is 0 Å². The first-order valence-corrected chi connectivity index (χ1v) is 15.0. The van der Waals surface area contributed by atoms with Crippen molar-refractivity contribution in [2.24, 2.45) is 0 Å². The van der Waals surface area contributed by atoms with Gasteiger partial charge in [-0.2, -0.15) is 5.10 Å². The second-order valence-electron chi connectivity index (χ2n) is 11.2. The Bertz CT molecular complexity index is 1970. The van der Waals surface area contributed by atoms with Crippen molar-refractivity contribution in [3.05, 3.63) is 175 Å². The van der Waals surface area contributed by atoms with Gasteiger partial charge in [0.15, 0.2) is 0 Å². The smallest absolute Gasteiger partial charge is 0.0934 e. The maximum atomic E-state index is 5.07. The molecule has 7 rings (SSSR count). The second-order valence-corrected chi connectivity index (χ2v) is 11.2. The lowest BCUT2D eigenvalue weighted by molar-refractivity contribution is 0.892. The van der Waals surface area contributed by atoms with Crippen molar-refractivity contribution < 1.29 is 0 Å². The summed E-state index contributed by atoms with van der Waals surface area (Å²) in [5, 5.41) is 5.07. The van der Waals surface area contributed by atoms with Crippen LogP contribution in [0.1, 0.15) is 11.1 Å². The van der Waals surface area contributed by atoms with E-state index < -0.39 is 0 Å². The molecule has 0 saturated heterocycles. The highest BCUT2D eigenvalue weighted by atomic mass is 15.3. The molecule has 1 aromatic heterocycles. The molecule has 0 aliphatic heterocycles. The standard InChI is InChI=1S/C41H33N3/c1-30-26-31(2)28-35(27-30)32-18-20-37(21-19-32)43(36-16-10-5-11-17-36)38-22-24-39(25-23-38)44-41(34-14-8-4-9-15-34)29-40(42-44)33-12-6-3-7-13-33/h3-29H,1-2H3. The molecule has 1 heterocycles. The van der Waals surface area contributed by atoms with Gasteiger partial charge in [-0.05, 0) is 79.6 Å². The van der Waals surface area contributed by atoms with E-state index in [4.69, 9.17) is 5.10 Å². The molecule has 212 valence electrons. The molecule has 0 saturated carbocycles. The van der Waals surface area contributed by atoms with Crippen LogP contribution in [0.25, 0.3) is 39.3 Å². The van der Waals surface area contributed by atoms with Crippen molar-refractivity contribution in [3.63, 3.8) is 0 Å². The summed E-state index contributed by atoms with van der Waals surface area (Å²) in [6, 6.07) is 57.7. The van der Waals surface area contributed by atoms with Gasteiger partial charge in [0.1, 0.15) is 0 Å². The van der Waals surface area contributed by atoms with Crippen LogP contribution in [-0.4, -0.2) is 9.78 Å². The van der Waals surface area contributed by atoms with Crippen LogP contribution in [-0.2, 0) is 0 Å². The third-order valence-electron chi connectivity index (χ3n) is 7.90. The van der Waals surface area contributed by atoms with Gasteiger partial charge in [-0.15, -0.1) is 0 Å². The molecule has 0 atom stereocenters. The van der Waals surface area contributed by atoms with E-state index in [0.29, 0.717) is 0 Å². The molecule has 0 N–H and O–H groups in total. The monoisotopic (exact) mass is 567 g/mol. The molecule has 0 unspecified atom stereocenters. The van der Waals surface area contributed by atoms with Gasteiger partial charge in [-0.3, -0.25) is 0 Å². The Hall–Kier alpha value is -5.67. The van der Waals surface area contributed by atoms with Crippen LogP contribution in [0, 0.1) is 13.8 Å². The van der Waals surface area contributed by atoms with Gasteiger partial charge in [0, 0.05) is 28.2 Å². The highest BCUT2D eigenvalue weighted by Gasteiger charge is 2.16. The predicted molar refractivity (Wildman–Crippen MR) is 184 cm³/mol. The Kier molecular flexibility index (Phi) is 7.35. The van der Waals surface area contributed by atoms with Gasteiger partial charge in [0.25, 0.3) is 0 Å². The predicted octanol–water partition coefficient (Wildman–Crippen LogP) is 11.0. The molecule has 0 spiro atoms. The van der Waals surface area contributed by atoms with Crippen molar-refractivity contribution in [1.82, 2.24) is 9.78 Å². The third kappa shape index (κ3) is 5.56. The highest BCUT2D eigenvalue weighted by Crippen LogP contribution is 2.37. The van der Waals surface area contributed by atoms with E-state index in [9.17, 15) is 0 Å². The summed E-state index contributed by atoms with van der Waals surface area (Å²) in [4.78, 5) is 2.30. The number of benzene rings is 6. The Morgan fingerprint density at radius 1 is 0.432 bits per heavy atom. The summed E-state index contributed by atoms with van der Waals surface area (Å²) in [5.41, 5.74) is 13.5. The van der Waals surface area contributed by atoms with Crippen molar-refractivity contribution >= 4 is 17.1 Å². The van der Waals surface area contributed by atoms with Crippen molar-refractivity contribution in [2.45, 2.75) is 13.8 Å². The first kappa shape index (κ1) is 27.2. The zero-order chi connectivity index (χ0) is 29.9. The molecular weight excluding hydrogens is 534 g/mol. The Morgan fingerprint density at radius 3 is 1.52 bits per heavy atom. The summed E-state index contributed by atoms with van der Waals surface area (Å²) in [7, 11) is 0. The van der Waals surface area contributed by atoms with Crippen LogP contribution in [0.2, 0.25) is 0 Å². The minimum atomic E-state index is 0.948. The first-order valence-electron chi connectivity index (χ1n) is 15.0. The number of aromatic nitrogens is 2. The van der Waals surface area contributed by atoms with Crippen molar-refractivity contribution in [2.75, 3.05) is 4.90 Å². The highest BCUT2D eigenvalue weighted by molar-refractivity contribution is 5.79. The van der Waals surface area contributed by atoms with Crippen LogP contribution in [0.3, 0.4) is 0 Å². The lowest BCUT2D eigenvalue weighted by atomic mass is 10.0. The van der Waals surface area contributed by atoms with Crippen LogP contribution < -0.4 is 4.90 Å². The molecule has 0 aliphatic carbocycles. The largest absolute Gasteiger partial charge is 0.311 e. The number of hydrogen-bond donors (Lipinski definition) is 0. The molecule has 0 fully saturated rings. The summed E-state index contributed by atoms with van der Waals surface area (Å²) in [6.45, 7) is 4.31. The molecule has 44 heavy (non-hydrogen) atoms. The SMILES string of the molecule is Cc1cc(C)cc(-c2ccc(N(c3ccccc3)c3ccc(-n4nc(-c5ccccc5)cc4-c4ccccc4)cc3)cc2)c1. The fraction of sp³-hybridized carbons (Fsp3) is 0.0488. The molecule has 7 aromatic rings. The maximum absolute atomic E-state index is 5.07. The lowest BCUT2D eigenvalue weighted by Crippen LogP contribution is -2.10. The van der Waals surface area contributed by atoms with Gasteiger partial charge in [0.2, 0.25) is 0 Å². The summed E-state index contributed by atoms with van der Waals surface area (Å²) < 4.78 is 2.05. The summed E-state index contributed by atoms with van der Waals surface area (Å²) >= 11 is 0. The van der Waals surface area contributed by atoms with E-state index in [2.05, 4.69) is 170 Å². The number of nitrogens with zero attached hydrogens (tertiary/aromatic N) is 3. The Labute approximate surface area is 259 Å². The molecule has 0 amide bonds. The van der Waals surface area contributed by atoms with Crippen LogP contribution >= 0.6 is 0 Å². The van der Waals surface area contributed by atoms with E-state index >= 15 is 0 Å². The quantitative estimate of drug-likeness (QED) is 0.191. The minimum absolute atomic E-state index is 0.948. The maximum Gasteiger partial charge on any atom is 0.0934 e. The van der Waals surface area contributed by atoms with E-state index in [1.165, 1.54) is 22.3 Å². The van der Waals surface area contributed by atoms with Gasteiger partial charge < -0.3 is 4.90 Å². The Morgan fingerprint density at radius 2 is 0.932 bits per heavy atom. The number of aryl methyl sites for hydroxylation is 2. The van der Waals surface area contributed by atoms with Crippen LogP contribution in [0.4, 0.5) is 17.1 Å². The van der Waals surface area contributed by atoms with E-state index in [1.807, 2.05) is 16.8 Å². The fourth-order valence-corrected chi connectivity index (χ4v) is 5.85. The number of anilines is 3. The average molecular weight is 568 g/mol. The molecule has 0 aliphatic rings. The molecule has 0 radical (unpaired) electrons. The van der Waals surface area contributed by atoms with Crippen LogP contribution in [0.5, 0.6) is 0 Å². The number of hydrogen-bond acceptors (Lipinski definition) is 2. The third-order valence-corrected chi connectivity index (χ3v) is 7.90. The summed E-state index contributed by atoms with van der Waals surface area (Å²) in [5.74, 6) is 0. The van der Waals surface area contributed by atoms with E-state index in [1.54, 1.807) is 0 Å². The van der Waals surface area contributed by atoms with Crippen molar-refractivity contribution in [1.29, 1.82) is 0 Å². The molecule has 3 nitrogen and oxygen atoms in total. The zero-order valence-corrected chi connectivity index (χ0v) is 24.9. The average Bonchev–Trinajstić information content (AvgIpc) is 3.52. The molecule has 3 heteroatoms.